The zero-order valence-corrected chi connectivity index (χ0v) is 19.6. The average molecular weight is 435 g/mol. The maximum Gasteiger partial charge on any atom is 0.306 e. The second kappa shape index (κ2) is 13.9. The van der Waals surface area contributed by atoms with Gasteiger partial charge in [0, 0.05) is 37.6 Å². The summed E-state index contributed by atoms with van der Waals surface area (Å²) >= 11 is 0. The Kier molecular flexibility index (Phi) is 13.9. The number of carboxylic acids is 2. The molecule has 0 aromatic rings. The van der Waals surface area contributed by atoms with Crippen molar-refractivity contribution in [1.82, 2.24) is 0 Å². The number of likely N-dealkylation sites (N-methyl/N-ethyl adjacent to an activating group) is 2. The van der Waals surface area contributed by atoms with Crippen LogP contribution in [-0.2, 0) is 28.7 Å². The van der Waals surface area contributed by atoms with Gasteiger partial charge in [-0.2, -0.15) is 0 Å². The lowest BCUT2D eigenvalue weighted by Crippen LogP contribution is -2.45. The lowest BCUT2D eigenvalue weighted by molar-refractivity contribution is -0.873. The molecule has 0 aliphatic rings. The van der Waals surface area contributed by atoms with Gasteiger partial charge < -0.3 is 38.2 Å². The van der Waals surface area contributed by atoms with Crippen molar-refractivity contribution in [2.75, 3.05) is 55.4 Å². The molecule has 10 heteroatoms. The molecule has 0 saturated heterocycles. The summed E-state index contributed by atoms with van der Waals surface area (Å²) in [6.07, 6.45) is -1.21. The predicted molar refractivity (Wildman–Crippen MR) is 105 cm³/mol. The van der Waals surface area contributed by atoms with E-state index in [4.69, 9.17) is 9.47 Å². The summed E-state index contributed by atoms with van der Waals surface area (Å²) in [7, 11) is 11.4. The lowest BCUT2D eigenvalue weighted by atomic mass is 10.2. The largest absolute Gasteiger partial charge is 0.550 e. The van der Waals surface area contributed by atoms with Crippen LogP contribution in [0.15, 0.2) is 0 Å². The van der Waals surface area contributed by atoms with Crippen molar-refractivity contribution in [2.45, 2.75) is 51.7 Å². The van der Waals surface area contributed by atoms with Gasteiger partial charge in [-0.3, -0.25) is 9.59 Å². The molecule has 0 radical (unpaired) electrons. The smallest absolute Gasteiger partial charge is 0.306 e. The van der Waals surface area contributed by atoms with E-state index in [2.05, 4.69) is 0 Å². The van der Waals surface area contributed by atoms with Crippen LogP contribution >= 0.6 is 0 Å². The number of carbonyl (C=O) groups excluding carboxylic acids is 4. The number of nitrogens with zero attached hydrogens (tertiary/aromatic N) is 2. The highest BCUT2D eigenvalue weighted by Gasteiger charge is 2.22. The third kappa shape index (κ3) is 20.5. The van der Waals surface area contributed by atoms with Gasteiger partial charge in [-0.25, -0.2) is 0 Å². The zero-order valence-electron chi connectivity index (χ0n) is 19.6. The van der Waals surface area contributed by atoms with E-state index in [1.807, 2.05) is 42.3 Å². The quantitative estimate of drug-likeness (QED) is 0.262. The van der Waals surface area contributed by atoms with E-state index in [1.54, 1.807) is 13.8 Å². The van der Waals surface area contributed by atoms with Crippen LogP contribution in [0, 0.1) is 0 Å². The van der Waals surface area contributed by atoms with Gasteiger partial charge in [-0.1, -0.05) is 13.8 Å². The molecular formula is C20H38N2O8. The molecule has 0 bridgehead atoms. The van der Waals surface area contributed by atoms with Crippen LogP contribution in [0.25, 0.3) is 0 Å². The summed E-state index contributed by atoms with van der Waals surface area (Å²) in [6, 6.07) is 0. The highest BCUT2D eigenvalue weighted by molar-refractivity contribution is 5.71. The minimum Gasteiger partial charge on any atom is -0.550 e. The maximum atomic E-state index is 11.0. The van der Waals surface area contributed by atoms with Crippen molar-refractivity contribution < 1.29 is 47.8 Å². The molecule has 2 atom stereocenters. The Bertz CT molecular complexity index is 514. The fourth-order valence-electron chi connectivity index (χ4n) is 2.42. The molecule has 0 N–H and O–H groups in total. The number of hydrogen-bond acceptors (Lipinski definition) is 8. The zero-order chi connectivity index (χ0) is 24.1. The fraction of sp³-hybridized carbons (Fsp3) is 0.800. The van der Waals surface area contributed by atoms with Crippen molar-refractivity contribution in [3.05, 3.63) is 0 Å². The van der Waals surface area contributed by atoms with Crippen LogP contribution in [0.5, 0.6) is 0 Å². The van der Waals surface area contributed by atoms with Crippen LogP contribution in [0.4, 0.5) is 0 Å². The number of rotatable bonds is 12. The molecule has 30 heavy (non-hydrogen) atoms. The molecular weight excluding hydrogens is 396 g/mol. The Morgan fingerprint density at radius 1 is 0.667 bits per heavy atom. The van der Waals surface area contributed by atoms with Gasteiger partial charge in [-0.15, -0.1) is 0 Å². The Labute approximate surface area is 179 Å². The summed E-state index contributed by atoms with van der Waals surface area (Å²) in [6.45, 7) is 4.26. The Hall–Kier alpha value is -2.20. The van der Waals surface area contributed by atoms with E-state index in [1.165, 1.54) is 0 Å². The maximum absolute atomic E-state index is 11.0. The normalized spacial score (nSPS) is 13.3. The van der Waals surface area contributed by atoms with Crippen LogP contribution < -0.4 is 10.2 Å². The summed E-state index contributed by atoms with van der Waals surface area (Å²) in [5.41, 5.74) is 0. The van der Waals surface area contributed by atoms with E-state index >= 15 is 0 Å². The molecule has 0 heterocycles. The van der Waals surface area contributed by atoms with Crippen molar-refractivity contribution in [1.29, 1.82) is 0 Å². The molecule has 0 amide bonds. The molecule has 0 rings (SSSR count). The van der Waals surface area contributed by atoms with Gasteiger partial charge in [0.05, 0.1) is 42.3 Å². The second-order valence-electron chi connectivity index (χ2n) is 9.03. The van der Waals surface area contributed by atoms with Crippen molar-refractivity contribution in [3.8, 4) is 0 Å². The van der Waals surface area contributed by atoms with Gasteiger partial charge in [0.15, 0.2) is 12.2 Å². The Balaban J connectivity index is 0. The van der Waals surface area contributed by atoms with Gasteiger partial charge in [0.2, 0.25) is 0 Å². The van der Waals surface area contributed by atoms with Crippen LogP contribution in [0.3, 0.4) is 0 Å². The van der Waals surface area contributed by atoms with Crippen molar-refractivity contribution >= 4 is 23.9 Å². The molecule has 0 aliphatic carbocycles. The summed E-state index contributed by atoms with van der Waals surface area (Å²) in [4.78, 5) is 43.0. The molecule has 2 unspecified atom stereocenters. The molecule has 176 valence electrons. The highest BCUT2D eigenvalue weighted by atomic mass is 16.5. The highest BCUT2D eigenvalue weighted by Crippen LogP contribution is 2.06. The number of carbonyl (C=O) groups is 4. The Morgan fingerprint density at radius 2 is 0.933 bits per heavy atom. The minimum absolute atomic E-state index is 0.249. The number of ether oxygens (including phenoxy) is 2. The predicted octanol–water partition coefficient (Wildman–Crippen LogP) is -1.69. The topological polar surface area (TPSA) is 133 Å². The summed E-state index contributed by atoms with van der Waals surface area (Å²) < 4.78 is 11.1. The molecule has 10 nitrogen and oxygen atoms in total. The standard InChI is InChI=1S/2C10H19NO4/c2*1-5-10(14)15-8(6-9(12)13)7-11(2,3)4/h2*8H,5-7H2,1-4H3. The first-order valence-electron chi connectivity index (χ1n) is 9.88. The molecule has 0 aromatic carbocycles. The van der Waals surface area contributed by atoms with Gasteiger partial charge in [0.25, 0.3) is 0 Å². The van der Waals surface area contributed by atoms with Gasteiger partial charge in [-0.05, 0) is 0 Å². The minimum atomic E-state index is -1.20. The first-order valence-corrected chi connectivity index (χ1v) is 9.88. The first-order chi connectivity index (χ1) is 13.5. The lowest BCUT2D eigenvalue weighted by Gasteiger charge is -2.29. The summed E-state index contributed by atoms with van der Waals surface area (Å²) in [5.74, 6) is -3.15. The van der Waals surface area contributed by atoms with Gasteiger partial charge >= 0.3 is 11.9 Å². The van der Waals surface area contributed by atoms with Crippen LogP contribution in [0.2, 0.25) is 0 Å². The number of aliphatic carboxylic acids is 2. The van der Waals surface area contributed by atoms with E-state index in [0.717, 1.165) is 0 Å². The van der Waals surface area contributed by atoms with Crippen molar-refractivity contribution in [3.63, 3.8) is 0 Å². The first kappa shape index (κ1) is 30.0. The third-order valence-corrected chi connectivity index (χ3v) is 3.46. The van der Waals surface area contributed by atoms with E-state index in [-0.39, 0.29) is 37.6 Å². The van der Waals surface area contributed by atoms with Crippen LogP contribution in [-0.4, -0.2) is 100 Å². The number of esters is 2. The monoisotopic (exact) mass is 434 g/mol. The third-order valence-electron chi connectivity index (χ3n) is 3.46. The van der Waals surface area contributed by atoms with Gasteiger partial charge in [0.1, 0.15) is 13.1 Å². The van der Waals surface area contributed by atoms with E-state index in [9.17, 15) is 29.4 Å². The van der Waals surface area contributed by atoms with E-state index in [0.29, 0.717) is 22.1 Å². The second-order valence-corrected chi connectivity index (χ2v) is 9.03. The van der Waals surface area contributed by atoms with E-state index < -0.39 is 24.1 Å². The SMILES string of the molecule is CCC(=O)OC(CC(=O)[O-])C[N+](C)(C)C.CCC(=O)OC(CC(=O)[O-])C[N+](C)(C)C. The number of hydrogen-bond donors (Lipinski definition) is 0. The number of carboxylic acid groups (broad SMARTS) is 2. The molecule has 0 spiro atoms. The fourth-order valence-corrected chi connectivity index (χ4v) is 2.42. The molecule has 0 aromatic heterocycles. The molecule has 0 saturated carbocycles. The van der Waals surface area contributed by atoms with Crippen LogP contribution in [0.1, 0.15) is 39.5 Å². The summed E-state index contributed by atoms with van der Waals surface area (Å²) in [5, 5.41) is 20.9. The molecule has 0 fully saturated rings. The Morgan fingerprint density at radius 3 is 1.10 bits per heavy atom. The average Bonchev–Trinajstić information content (AvgIpc) is 2.50. The number of quaternary nitrogens is 2. The van der Waals surface area contributed by atoms with Crippen molar-refractivity contribution in [2.24, 2.45) is 0 Å². The molecule has 0 aliphatic heterocycles.